The van der Waals surface area contributed by atoms with E-state index in [0.29, 0.717) is 19.2 Å². The third-order valence-corrected chi connectivity index (χ3v) is 8.30. The number of alkyl halides is 3. The maximum Gasteiger partial charge on any atom is 0.417 e. The molecule has 3 N–H and O–H groups in total. The van der Waals surface area contributed by atoms with Gasteiger partial charge in [0.25, 0.3) is 0 Å². The third-order valence-electron chi connectivity index (χ3n) is 7.07. The molecule has 1 saturated heterocycles. The van der Waals surface area contributed by atoms with E-state index in [1.54, 1.807) is 23.8 Å². The number of anilines is 1. The van der Waals surface area contributed by atoms with Crippen LogP contribution in [0.1, 0.15) is 18.1 Å². The number of amides is 1. The Morgan fingerprint density at radius 1 is 1.29 bits per heavy atom. The average molecular weight is 598 g/mol. The van der Waals surface area contributed by atoms with E-state index in [2.05, 4.69) is 17.2 Å². The second kappa shape index (κ2) is 12.8. The van der Waals surface area contributed by atoms with E-state index < -0.39 is 28.9 Å². The van der Waals surface area contributed by atoms with Crippen LogP contribution in [0.2, 0.25) is 0 Å². The number of carbonyl (C=O) groups is 1. The number of fused-ring (bicyclic) bond motifs is 1. The lowest BCUT2D eigenvalue weighted by molar-refractivity contribution is -0.137. The van der Waals surface area contributed by atoms with Gasteiger partial charge in [-0.05, 0) is 38.2 Å². The summed E-state index contributed by atoms with van der Waals surface area (Å²) in [5.41, 5.74) is -1.67. The molecule has 13 heteroatoms. The van der Waals surface area contributed by atoms with E-state index in [1.807, 2.05) is 0 Å². The van der Waals surface area contributed by atoms with Gasteiger partial charge in [0.2, 0.25) is 5.91 Å². The van der Waals surface area contributed by atoms with Gasteiger partial charge in [-0.1, -0.05) is 6.58 Å². The first-order valence-corrected chi connectivity index (χ1v) is 14.1. The van der Waals surface area contributed by atoms with Gasteiger partial charge in [-0.15, -0.1) is 11.8 Å². The normalized spacial score (nSPS) is 19.3. The van der Waals surface area contributed by atoms with Crippen LogP contribution >= 0.6 is 11.8 Å². The number of ether oxygens (including phenoxy) is 1. The highest BCUT2D eigenvalue weighted by Gasteiger charge is 2.40. The fraction of sp³-hybridized carbons (Fsp3) is 0.429. The van der Waals surface area contributed by atoms with Crippen molar-refractivity contribution in [1.82, 2.24) is 15.1 Å². The monoisotopic (exact) mass is 597 g/mol. The fourth-order valence-electron chi connectivity index (χ4n) is 5.01. The molecular formula is C28H32F5N5O2S. The molecule has 1 fully saturated rings. The van der Waals surface area contributed by atoms with Crippen LogP contribution in [-0.4, -0.2) is 85.8 Å². The van der Waals surface area contributed by atoms with E-state index in [4.69, 9.17) is 10.1 Å². The SMILES string of the molecule is C=CC(=O)N1CCN(C(=N)c2cc(C(F)(F)F)c(-c3ccc(F)cc3F)c3c2NCC(OCCNC)CS3)C[C@@H]1C. The predicted octanol–water partition coefficient (Wildman–Crippen LogP) is 4.82. The summed E-state index contributed by atoms with van der Waals surface area (Å²) < 4.78 is 78.5. The van der Waals surface area contributed by atoms with Crippen molar-refractivity contribution in [2.24, 2.45) is 0 Å². The highest BCUT2D eigenvalue weighted by Crippen LogP contribution is 2.49. The molecule has 1 unspecified atom stereocenters. The second-order valence-corrected chi connectivity index (χ2v) is 10.9. The van der Waals surface area contributed by atoms with Gasteiger partial charge in [0.15, 0.2) is 0 Å². The molecule has 0 aliphatic carbocycles. The molecule has 2 aliphatic rings. The number of rotatable bonds is 7. The van der Waals surface area contributed by atoms with Crippen molar-refractivity contribution in [2.75, 3.05) is 57.4 Å². The number of carbonyl (C=O) groups excluding carboxylic acids is 1. The molecule has 0 aromatic heterocycles. The predicted molar refractivity (Wildman–Crippen MR) is 149 cm³/mol. The Bertz CT molecular complexity index is 1320. The van der Waals surface area contributed by atoms with Crippen molar-refractivity contribution in [3.8, 4) is 11.1 Å². The van der Waals surface area contributed by atoms with Crippen LogP contribution < -0.4 is 10.6 Å². The van der Waals surface area contributed by atoms with E-state index in [-0.39, 0.29) is 77.5 Å². The van der Waals surface area contributed by atoms with Crippen LogP contribution in [0, 0.1) is 17.0 Å². The van der Waals surface area contributed by atoms with Crippen molar-refractivity contribution in [3.05, 3.63) is 59.7 Å². The molecule has 2 aromatic rings. The highest BCUT2D eigenvalue weighted by molar-refractivity contribution is 7.99. The van der Waals surface area contributed by atoms with Gasteiger partial charge in [-0.2, -0.15) is 13.2 Å². The number of piperazine rings is 1. The van der Waals surface area contributed by atoms with Crippen LogP contribution in [0.3, 0.4) is 0 Å². The molecule has 4 rings (SSSR count). The Balaban J connectivity index is 1.83. The molecule has 2 aromatic carbocycles. The number of likely N-dealkylation sites (N-methyl/N-ethyl adjacent to an activating group) is 1. The summed E-state index contributed by atoms with van der Waals surface area (Å²) in [5, 5.41) is 15.2. The number of benzene rings is 2. The molecule has 41 heavy (non-hydrogen) atoms. The highest BCUT2D eigenvalue weighted by atomic mass is 32.2. The van der Waals surface area contributed by atoms with Crippen molar-refractivity contribution < 1.29 is 31.5 Å². The van der Waals surface area contributed by atoms with E-state index in [9.17, 15) is 22.4 Å². The molecule has 7 nitrogen and oxygen atoms in total. The minimum Gasteiger partial charge on any atom is -0.381 e. The van der Waals surface area contributed by atoms with Gasteiger partial charge in [0.1, 0.15) is 17.5 Å². The Hall–Kier alpha value is -3.16. The van der Waals surface area contributed by atoms with Gasteiger partial charge < -0.3 is 25.2 Å². The second-order valence-electron chi connectivity index (χ2n) is 9.84. The van der Waals surface area contributed by atoms with Gasteiger partial charge in [-0.25, -0.2) is 8.78 Å². The van der Waals surface area contributed by atoms with Crippen molar-refractivity contribution in [2.45, 2.75) is 30.1 Å². The molecule has 2 atom stereocenters. The lowest BCUT2D eigenvalue weighted by atomic mass is 9.93. The summed E-state index contributed by atoms with van der Waals surface area (Å²) in [7, 11) is 1.77. The van der Waals surface area contributed by atoms with Gasteiger partial charge in [-0.3, -0.25) is 10.2 Å². The quantitative estimate of drug-likeness (QED) is 0.140. The van der Waals surface area contributed by atoms with Gasteiger partial charge in [0.05, 0.1) is 24.0 Å². The van der Waals surface area contributed by atoms with Crippen molar-refractivity contribution in [1.29, 1.82) is 5.41 Å². The largest absolute Gasteiger partial charge is 0.417 e. The van der Waals surface area contributed by atoms with Crippen LogP contribution in [0.15, 0.2) is 41.8 Å². The van der Waals surface area contributed by atoms with Crippen LogP contribution in [-0.2, 0) is 15.7 Å². The van der Waals surface area contributed by atoms with E-state index in [0.717, 1.165) is 30.0 Å². The molecule has 222 valence electrons. The number of nitrogens with one attached hydrogen (secondary N) is 3. The van der Waals surface area contributed by atoms with E-state index >= 15 is 4.39 Å². The first-order chi connectivity index (χ1) is 19.5. The zero-order valence-corrected chi connectivity index (χ0v) is 23.5. The molecule has 0 spiro atoms. The molecule has 0 radical (unpaired) electrons. The first kappa shape index (κ1) is 30.8. The minimum atomic E-state index is -4.90. The first-order valence-electron chi connectivity index (χ1n) is 13.1. The third kappa shape index (κ3) is 6.68. The minimum absolute atomic E-state index is 0.00216. The Morgan fingerprint density at radius 2 is 2.05 bits per heavy atom. The smallest absolute Gasteiger partial charge is 0.381 e. The zero-order valence-electron chi connectivity index (χ0n) is 22.7. The van der Waals surface area contributed by atoms with Crippen LogP contribution in [0.25, 0.3) is 11.1 Å². The van der Waals surface area contributed by atoms with Crippen molar-refractivity contribution >= 4 is 29.2 Å². The van der Waals surface area contributed by atoms with Crippen LogP contribution in [0.5, 0.6) is 0 Å². The van der Waals surface area contributed by atoms with Gasteiger partial charge in [0, 0.05) is 72.2 Å². The number of nitrogens with zero attached hydrogens (tertiary/aromatic N) is 2. The zero-order chi connectivity index (χ0) is 29.9. The van der Waals surface area contributed by atoms with Crippen molar-refractivity contribution in [3.63, 3.8) is 0 Å². The van der Waals surface area contributed by atoms with E-state index in [1.165, 1.54) is 6.08 Å². The summed E-state index contributed by atoms with van der Waals surface area (Å²) in [5.74, 6) is -2.17. The molecule has 2 aliphatic heterocycles. The standard InChI is InChI=1S/C28H32F5N5O2S/c1-4-23(39)38-9-8-37(14-16(38)2)27(34)20-12-21(28(31,32)33)24(19-6-5-17(29)11-22(19)30)26-25(20)36-13-18(15-41-26)40-10-7-35-3/h4-6,11-12,16,18,34-36H,1,7-10,13-15H2,2-3H3/t16-,18?/m0/s1. The number of hydrogen-bond acceptors (Lipinski definition) is 6. The lowest BCUT2D eigenvalue weighted by Gasteiger charge is -2.41. The fourth-order valence-corrected chi connectivity index (χ4v) is 6.27. The molecule has 0 bridgehead atoms. The molecule has 2 heterocycles. The Labute approximate surface area is 239 Å². The Morgan fingerprint density at radius 3 is 2.68 bits per heavy atom. The number of amidine groups is 1. The summed E-state index contributed by atoms with van der Waals surface area (Å²) in [6.07, 6.45) is -4.08. The number of thioether (sulfide) groups is 1. The maximum atomic E-state index is 15.0. The Kier molecular flexibility index (Phi) is 9.60. The van der Waals surface area contributed by atoms with Crippen LogP contribution in [0.4, 0.5) is 27.6 Å². The number of halogens is 5. The summed E-state index contributed by atoms with van der Waals surface area (Å²) in [4.78, 5) is 15.5. The maximum absolute atomic E-state index is 15.0. The molecular weight excluding hydrogens is 565 g/mol. The number of hydrogen-bond donors (Lipinski definition) is 3. The molecule has 0 saturated carbocycles. The molecule has 1 amide bonds. The summed E-state index contributed by atoms with van der Waals surface area (Å²) >= 11 is 1.08. The summed E-state index contributed by atoms with van der Waals surface area (Å²) in [6, 6.07) is 3.04. The lowest BCUT2D eigenvalue weighted by Crippen LogP contribution is -2.55. The average Bonchev–Trinajstić information content (AvgIpc) is 3.14. The van der Waals surface area contributed by atoms with Gasteiger partial charge >= 0.3 is 6.18 Å². The topological polar surface area (TPSA) is 80.7 Å². The summed E-state index contributed by atoms with van der Waals surface area (Å²) in [6.45, 7) is 7.24.